The zero-order valence-electron chi connectivity index (χ0n) is 17.4. The molecule has 0 saturated carbocycles. The van der Waals surface area contributed by atoms with E-state index in [-0.39, 0.29) is 0 Å². The minimum Gasteiger partial charge on any atom is -0.388 e. The van der Waals surface area contributed by atoms with Crippen LogP contribution in [0.25, 0.3) is 0 Å². The van der Waals surface area contributed by atoms with Crippen LogP contribution in [0.15, 0.2) is 49.1 Å². The van der Waals surface area contributed by atoms with Crippen molar-refractivity contribution >= 4 is 5.69 Å². The van der Waals surface area contributed by atoms with Crippen molar-refractivity contribution in [2.75, 3.05) is 12.4 Å². The molecule has 2 aromatic carbocycles. The van der Waals surface area contributed by atoms with Crippen LogP contribution in [0.4, 0.5) is 5.69 Å². The second-order valence-electron chi connectivity index (χ2n) is 6.04. The summed E-state index contributed by atoms with van der Waals surface area (Å²) < 4.78 is 0. The summed E-state index contributed by atoms with van der Waals surface area (Å²) in [7, 11) is 1.99. The number of nitrogens with one attached hydrogen (secondary N) is 1. The predicted octanol–water partition coefficient (Wildman–Crippen LogP) is 7.05. The van der Waals surface area contributed by atoms with Crippen LogP contribution in [-0.4, -0.2) is 7.05 Å². The zero-order valence-corrected chi connectivity index (χ0v) is 17.4. The molecule has 0 unspecified atom stereocenters. The molecule has 0 radical (unpaired) electrons. The van der Waals surface area contributed by atoms with Crippen LogP contribution in [-0.2, 0) is 12.8 Å². The molecule has 138 valence electrons. The fourth-order valence-electron chi connectivity index (χ4n) is 2.57. The highest BCUT2D eigenvalue weighted by Crippen LogP contribution is 2.20. The first-order valence-electron chi connectivity index (χ1n) is 9.46. The lowest BCUT2D eigenvalue weighted by Crippen LogP contribution is -2.00. The van der Waals surface area contributed by atoms with E-state index < -0.39 is 0 Å². The molecule has 2 aromatic rings. The third kappa shape index (κ3) is 8.58. The highest BCUT2D eigenvalue weighted by Gasteiger charge is 2.04. The maximum Gasteiger partial charge on any atom is 0.0370 e. The molecule has 0 atom stereocenters. The molecule has 1 heteroatoms. The third-order valence-electron chi connectivity index (χ3n) is 3.98. The normalized spacial score (nSPS) is 9.24. The average Bonchev–Trinajstić information content (AvgIpc) is 2.63. The molecule has 1 N–H and O–H groups in total. The van der Waals surface area contributed by atoms with Crippen LogP contribution in [0, 0.1) is 20.8 Å². The van der Waals surface area contributed by atoms with E-state index in [0.29, 0.717) is 0 Å². The molecule has 0 aliphatic heterocycles. The van der Waals surface area contributed by atoms with Crippen molar-refractivity contribution in [3.05, 3.63) is 76.9 Å². The van der Waals surface area contributed by atoms with Crippen molar-refractivity contribution in [3.63, 3.8) is 0 Å². The maximum absolute atomic E-state index is 3.48. The molecule has 0 aliphatic carbocycles. The summed E-state index contributed by atoms with van der Waals surface area (Å²) in [6.45, 7) is 16.0. The van der Waals surface area contributed by atoms with Gasteiger partial charge in [-0.3, -0.25) is 0 Å². The molecule has 0 amide bonds. The van der Waals surface area contributed by atoms with Gasteiger partial charge in [0.1, 0.15) is 0 Å². The van der Waals surface area contributed by atoms with Gasteiger partial charge < -0.3 is 5.32 Å². The van der Waals surface area contributed by atoms with Crippen molar-refractivity contribution in [3.8, 4) is 0 Å². The summed E-state index contributed by atoms with van der Waals surface area (Å²) in [6, 6.07) is 13.4. The summed E-state index contributed by atoms with van der Waals surface area (Å²) in [5.74, 6) is 0. The topological polar surface area (TPSA) is 12.0 Å². The van der Waals surface area contributed by atoms with Crippen molar-refractivity contribution in [1.82, 2.24) is 0 Å². The number of allylic oxidation sites excluding steroid dienone is 1. The van der Waals surface area contributed by atoms with Crippen molar-refractivity contribution in [2.24, 2.45) is 0 Å². The highest BCUT2D eigenvalue weighted by atomic mass is 14.8. The number of aryl methyl sites for hydroxylation is 5. The van der Waals surface area contributed by atoms with E-state index in [1.807, 2.05) is 27.0 Å². The van der Waals surface area contributed by atoms with Crippen LogP contribution in [0.5, 0.6) is 0 Å². The van der Waals surface area contributed by atoms with E-state index in [0.717, 1.165) is 19.3 Å². The molecule has 0 aromatic heterocycles. The lowest BCUT2D eigenvalue weighted by Gasteiger charge is -2.12. The van der Waals surface area contributed by atoms with Gasteiger partial charge in [0, 0.05) is 12.7 Å². The van der Waals surface area contributed by atoms with Crippen LogP contribution in [0.2, 0.25) is 0 Å². The number of rotatable bonds is 5. The Hall–Kier alpha value is -2.02. The lowest BCUT2D eigenvalue weighted by molar-refractivity contribution is 0.946. The molecule has 25 heavy (non-hydrogen) atoms. The molecule has 0 aliphatic rings. The van der Waals surface area contributed by atoms with Crippen LogP contribution < -0.4 is 5.32 Å². The molecule has 0 heterocycles. The second-order valence-corrected chi connectivity index (χ2v) is 6.04. The molecule has 2 rings (SSSR count). The Kier molecular flexibility index (Phi) is 12.2. The minimum atomic E-state index is 1.08. The Bertz CT molecular complexity index is 626. The fraction of sp³-hybridized carbons (Fsp3) is 0.417. The molecule has 1 nitrogen and oxygen atoms in total. The fourth-order valence-corrected chi connectivity index (χ4v) is 2.57. The van der Waals surface area contributed by atoms with Crippen LogP contribution in [0.3, 0.4) is 0 Å². The Morgan fingerprint density at radius 3 is 1.92 bits per heavy atom. The van der Waals surface area contributed by atoms with Gasteiger partial charge in [-0.05, 0) is 62.8 Å². The summed E-state index contributed by atoms with van der Waals surface area (Å²) in [5, 5.41) is 3.28. The van der Waals surface area contributed by atoms with E-state index in [1.165, 1.54) is 33.5 Å². The Balaban J connectivity index is 0.000000845. The van der Waals surface area contributed by atoms with E-state index in [1.54, 1.807) is 0 Å². The number of hydrogen-bond acceptors (Lipinski definition) is 1. The number of benzene rings is 2. The van der Waals surface area contributed by atoms with Gasteiger partial charge in [0.25, 0.3) is 0 Å². The standard InChI is InChI=1S/C18H23N.C4H8.C2H6/c1-13-5-7-16(15(3)11-13)8-9-17-12-14(2)6-10-18(17)19-4;1-3-4-2;1-2/h5-7,10-12,19H,8-9H2,1-4H3;3H,1,4H2,2H3;1-2H3. The van der Waals surface area contributed by atoms with Crippen LogP contribution in [0.1, 0.15) is 55.0 Å². The van der Waals surface area contributed by atoms with E-state index in [9.17, 15) is 0 Å². The molecule has 0 fully saturated rings. The van der Waals surface area contributed by atoms with Crippen molar-refractivity contribution in [1.29, 1.82) is 0 Å². The van der Waals surface area contributed by atoms with Gasteiger partial charge in [0.2, 0.25) is 0 Å². The monoisotopic (exact) mass is 339 g/mol. The molecule has 0 spiro atoms. The first kappa shape index (κ1) is 23.0. The molecular formula is C24H37N. The third-order valence-corrected chi connectivity index (χ3v) is 3.98. The highest BCUT2D eigenvalue weighted by molar-refractivity contribution is 5.52. The Morgan fingerprint density at radius 2 is 1.40 bits per heavy atom. The SMILES string of the molecule is C=CCC.CC.CNc1ccc(C)cc1CCc1ccc(C)cc1C. The van der Waals surface area contributed by atoms with Gasteiger partial charge in [0.05, 0.1) is 0 Å². The summed E-state index contributed by atoms with van der Waals surface area (Å²) in [5.41, 5.74) is 8.17. The van der Waals surface area contributed by atoms with E-state index >= 15 is 0 Å². The minimum absolute atomic E-state index is 1.08. The summed E-state index contributed by atoms with van der Waals surface area (Å²) in [4.78, 5) is 0. The molecule has 0 bridgehead atoms. The summed E-state index contributed by atoms with van der Waals surface area (Å²) >= 11 is 0. The maximum atomic E-state index is 3.48. The quantitative estimate of drug-likeness (QED) is 0.576. The van der Waals surface area contributed by atoms with Gasteiger partial charge in [-0.25, -0.2) is 0 Å². The lowest BCUT2D eigenvalue weighted by atomic mass is 9.97. The zero-order chi connectivity index (χ0) is 19.2. The van der Waals surface area contributed by atoms with Crippen molar-refractivity contribution in [2.45, 2.75) is 60.8 Å². The Labute approximate surface area is 156 Å². The number of hydrogen-bond donors (Lipinski definition) is 1. The second kappa shape index (κ2) is 13.3. The van der Waals surface area contributed by atoms with Gasteiger partial charge in [-0.2, -0.15) is 0 Å². The van der Waals surface area contributed by atoms with E-state index in [4.69, 9.17) is 0 Å². The van der Waals surface area contributed by atoms with E-state index in [2.05, 4.69) is 76.0 Å². The van der Waals surface area contributed by atoms with Gasteiger partial charge in [0.15, 0.2) is 0 Å². The smallest absolute Gasteiger partial charge is 0.0370 e. The molecule has 0 saturated heterocycles. The molecular weight excluding hydrogens is 302 g/mol. The van der Waals surface area contributed by atoms with Gasteiger partial charge in [-0.15, -0.1) is 6.58 Å². The van der Waals surface area contributed by atoms with Crippen LogP contribution >= 0.6 is 0 Å². The first-order chi connectivity index (χ1) is 12.0. The van der Waals surface area contributed by atoms with Gasteiger partial charge in [-0.1, -0.05) is 68.3 Å². The first-order valence-corrected chi connectivity index (χ1v) is 9.46. The summed E-state index contributed by atoms with van der Waals surface area (Å²) in [6.07, 6.45) is 5.14. The number of anilines is 1. The van der Waals surface area contributed by atoms with Crippen molar-refractivity contribution < 1.29 is 0 Å². The predicted molar refractivity (Wildman–Crippen MR) is 116 cm³/mol. The van der Waals surface area contributed by atoms with Gasteiger partial charge >= 0.3 is 0 Å². The Morgan fingerprint density at radius 1 is 0.880 bits per heavy atom. The largest absolute Gasteiger partial charge is 0.388 e. The average molecular weight is 340 g/mol.